The molecular formula is C12H18N2O2. The van der Waals surface area contributed by atoms with Crippen LogP contribution in [0.5, 0.6) is 0 Å². The molecule has 3 atom stereocenters. The maximum atomic E-state index is 10.2. The van der Waals surface area contributed by atoms with E-state index < -0.39 is 0 Å². The van der Waals surface area contributed by atoms with Crippen LogP contribution in [0, 0.1) is 29.3 Å². The number of nitriles is 1. The number of rotatable bonds is 4. The first-order valence-corrected chi connectivity index (χ1v) is 5.76. The Labute approximate surface area is 96.3 Å². The molecule has 0 N–H and O–H groups in total. The number of ether oxygens (including phenoxy) is 1. The standard InChI is InChI=1S/C12H18N2O2/c1-9(2)12-4-3-11(14-8-15)5-10(12)6-16-7-13/h9-12H,3-6H2,1-2H3. The topological polar surface area (TPSA) is 62.4 Å². The molecule has 0 bridgehead atoms. The third kappa shape index (κ3) is 3.36. The van der Waals surface area contributed by atoms with E-state index in [0.717, 1.165) is 19.3 Å². The van der Waals surface area contributed by atoms with Crippen LogP contribution in [-0.2, 0) is 9.53 Å². The predicted molar refractivity (Wildman–Crippen MR) is 59.1 cm³/mol. The van der Waals surface area contributed by atoms with Gasteiger partial charge >= 0.3 is 0 Å². The van der Waals surface area contributed by atoms with Crippen molar-refractivity contribution in [1.82, 2.24) is 0 Å². The monoisotopic (exact) mass is 222 g/mol. The van der Waals surface area contributed by atoms with E-state index in [1.165, 1.54) is 0 Å². The molecule has 4 heteroatoms. The van der Waals surface area contributed by atoms with Crippen molar-refractivity contribution in [2.75, 3.05) is 6.61 Å². The van der Waals surface area contributed by atoms with Crippen LogP contribution in [0.2, 0.25) is 0 Å². The van der Waals surface area contributed by atoms with Gasteiger partial charge in [0.2, 0.25) is 6.08 Å². The highest BCUT2D eigenvalue weighted by Gasteiger charge is 2.32. The Balaban J connectivity index is 2.61. The molecule has 0 radical (unpaired) electrons. The molecule has 0 amide bonds. The molecule has 1 aliphatic carbocycles. The molecule has 0 spiro atoms. The number of carbonyl (C=O) groups excluding carboxylic acids is 1. The highest BCUT2D eigenvalue weighted by Crippen LogP contribution is 2.36. The van der Waals surface area contributed by atoms with Gasteiger partial charge in [0.05, 0.1) is 6.04 Å². The van der Waals surface area contributed by atoms with Crippen LogP contribution in [0.15, 0.2) is 4.99 Å². The summed E-state index contributed by atoms with van der Waals surface area (Å²) >= 11 is 0. The molecule has 0 aromatic rings. The van der Waals surface area contributed by atoms with Crippen LogP contribution in [0.4, 0.5) is 0 Å². The summed E-state index contributed by atoms with van der Waals surface area (Å²) < 4.78 is 4.85. The Morgan fingerprint density at radius 1 is 1.50 bits per heavy atom. The average molecular weight is 222 g/mol. The Kier molecular flexibility index (Phi) is 5.01. The Morgan fingerprint density at radius 3 is 2.81 bits per heavy atom. The molecule has 0 aromatic heterocycles. The third-order valence-corrected chi connectivity index (χ3v) is 3.47. The van der Waals surface area contributed by atoms with E-state index in [1.807, 2.05) is 0 Å². The molecule has 88 valence electrons. The van der Waals surface area contributed by atoms with E-state index >= 15 is 0 Å². The zero-order chi connectivity index (χ0) is 12.0. The van der Waals surface area contributed by atoms with Crippen LogP contribution < -0.4 is 0 Å². The minimum atomic E-state index is 0.0693. The summed E-state index contributed by atoms with van der Waals surface area (Å²) in [5.41, 5.74) is 0. The number of isocyanates is 1. The molecule has 0 aromatic carbocycles. The summed E-state index contributed by atoms with van der Waals surface area (Å²) in [6, 6.07) is 0.0693. The predicted octanol–water partition coefficient (Wildman–Crippen LogP) is 2.26. The van der Waals surface area contributed by atoms with E-state index in [2.05, 4.69) is 18.8 Å². The van der Waals surface area contributed by atoms with E-state index in [0.29, 0.717) is 24.4 Å². The molecule has 1 saturated carbocycles. The summed E-state index contributed by atoms with van der Waals surface area (Å²) in [6.07, 6.45) is 6.17. The van der Waals surface area contributed by atoms with Crippen LogP contribution in [0.25, 0.3) is 0 Å². The maximum Gasteiger partial charge on any atom is 0.286 e. The van der Waals surface area contributed by atoms with Gasteiger partial charge in [-0.1, -0.05) is 13.8 Å². The summed E-state index contributed by atoms with van der Waals surface area (Å²) in [6.45, 7) is 4.82. The first kappa shape index (κ1) is 12.7. The Morgan fingerprint density at radius 2 is 2.25 bits per heavy atom. The van der Waals surface area contributed by atoms with Crippen LogP contribution >= 0.6 is 0 Å². The van der Waals surface area contributed by atoms with Gasteiger partial charge in [0.15, 0.2) is 0 Å². The van der Waals surface area contributed by atoms with Gasteiger partial charge in [-0.3, -0.25) is 0 Å². The van der Waals surface area contributed by atoms with Gasteiger partial charge in [0.25, 0.3) is 6.26 Å². The van der Waals surface area contributed by atoms with Gasteiger partial charge < -0.3 is 4.74 Å². The molecule has 3 unspecified atom stereocenters. The first-order chi connectivity index (χ1) is 7.69. The van der Waals surface area contributed by atoms with Gasteiger partial charge in [-0.2, -0.15) is 5.26 Å². The maximum absolute atomic E-state index is 10.2. The lowest BCUT2D eigenvalue weighted by molar-refractivity contribution is 0.0935. The van der Waals surface area contributed by atoms with Gasteiger partial charge in [-0.15, -0.1) is 0 Å². The number of hydrogen-bond donors (Lipinski definition) is 0. The highest BCUT2D eigenvalue weighted by atomic mass is 16.5. The second-order valence-electron chi connectivity index (χ2n) is 4.76. The Bertz CT molecular complexity index is 303. The molecular weight excluding hydrogens is 204 g/mol. The number of nitrogens with zero attached hydrogens (tertiary/aromatic N) is 2. The summed E-state index contributed by atoms with van der Waals surface area (Å²) in [7, 11) is 0. The van der Waals surface area contributed by atoms with E-state index in [4.69, 9.17) is 10.00 Å². The normalized spacial score (nSPS) is 29.2. The SMILES string of the molecule is CC(C)C1CCC(N=C=O)CC1COC#N. The largest absolute Gasteiger partial charge is 0.427 e. The van der Waals surface area contributed by atoms with Crippen molar-refractivity contribution in [3.05, 3.63) is 0 Å². The minimum Gasteiger partial charge on any atom is -0.427 e. The summed E-state index contributed by atoms with van der Waals surface area (Å²) in [5, 5.41) is 8.43. The van der Waals surface area contributed by atoms with Gasteiger partial charge in [-0.25, -0.2) is 9.79 Å². The molecule has 1 fully saturated rings. The van der Waals surface area contributed by atoms with Crippen molar-refractivity contribution < 1.29 is 9.53 Å². The van der Waals surface area contributed by atoms with Gasteiger partial charge in [-0.05, 0) is 37.0 Å². The lowest BCUT2D eigenvalue weighted by atomic mass is 9.72. The first-order valence-electron chi connectivity index (χ1n) is 5.76. The number of hydrogen-bond acceptors (Lipinski definition) is 4. The molecule has 1 rings (SSSR count). The lowest BCUT2D eigenvalue weighted by Crippen LogP contribution is -2.32. The lowest BCUT2D eigenvalue weighted by Gasteiger charge is -2.35. The fraction of sp³-hybridized carbons (Fsp3) is 0.833. The van der Waals surface area contributed by atoms with Gasteiger partial charge in [0, 0.05) is 0 Å². The summed E-state index contributed by atoms with van der Waals surface area (Å²) in [5.74, 6) is 1.47. The fourth-order valence-corrected chi connectivity index (χ4v) is 2.67. The van der Waals surface area contributed by atoms with E-state index in [1.54, 1.807) is 12.3 Å². The summed E-state index contributed by atoms with van der Waals surface area (Å²) in [4.78, 5) is 14.0. The van der Waals surface area contributed by atoms with Crippen molar-refractivity contribution in [2.24, 2.45) is 22.7 Å². The zero-order valence-corrected chi connectivity index (χ0v) is 9.85. The quantitative estimate of drug-likeness (QED) is 0.416. The van der Waals surface area contributed by atoms with Crippen LogP contribution in [-0.4, -0.2) is 18.7 Å². The molecule has 0 aliphatic heterocycles. The van der Waals surface area contributed by atoms with Crippen molar-refractivity contribution in [3.63, 3.8) is 0 Å². The number of aliphatic imine (C=N–C) groups is 1. The van der Waals surface area contributed by atoms with E-state index in [-0.39, 0.29) is 6.04 Å². The van der Waals surface area contributed by atoms with Crippen molar-refractivity contribution in [3.8, 4) is 6.26 Å². The molecule has 1 aliphatic rings. The Hall–Kier alpha value is -1.33. The smallest absolute Gasteiger partial charge is 0.286 e. The van der Waals surface area contributed by atoms with Crippen molar-refractivity contribution in [2.45, 2.75) is 39.2 Å². The van der Waals surface area contributed by atoms with Crippen LogP contribution in [0.3, 0.4) is 0 Å². The fourth-order valence-electron chi connectivity index (χ4n) is 2.67. The molecule has 0 heterocycles. The molecule has 4 nitrogen and oxygen atoms in total. The highest BCUT2D eigenvalue weighted by molar-refractivity contribution is 5.33. The minimum absolute atomic E-state index is 0.0693. The second kappa shape index (κ2) is 6.30. The third-order valence-electron chi connectivity index (χ3n) is 3.47. The zero-order valence-electron chi connectivity index (χ0n) is 9.85. The molecule has 16 heavy (non-hydrogen) atoms. The van der Waals surface area contributed by atoms with E-state index in [9.17, 15) is 4.79 Å². The van der Waals surface area contributed by atoms with Crippen LogP contribution in [0.1, 0.15) is 33.1 Å². The van der Waals surface area contributed by atoms with Crippen molar-refractivity contribution >= 4 is 6.08 Å². The average Bonchev–Trinajstić information content (AvgIpc) is 2.26. The van der Waals surface area contributed by atoms with Gasteiger partial charge in [0.1, 0.15) is 6.61 Å². The second-order valence-corrected chi connectivity index (χ2v) is 4.76. The van der Waals surface area contributed by atoms with Crippen molar-refractivity contribution in [1.29, 1.82) is 5.26 Å². The molecule has 0 saturated heterocycles.